The van der Waals surface area contributed by atoms with Crippen molar-refractivity contribution in [2.75, 3.05) is 11.9 Å². The molecule has 2 aromatic carbocycles. The number of benzene rings is 2. The molecule has 1 aliphatic rings. The SMILES string of the molecule is CCC(=O)CN(C(=O)c1ccc2oc(NCc3cccc(Cl)c3)nc2c1)C1CCCC1. The van der Waals surface area contributed by atoms with Gasteiger partial charge in [0.2, 0.25) is 0 Å². The van der Waals surface area contributed by atoms with Gasteiger partial charge in [0, 0.05) is 29.6 Å². The summed E-state index contributed by atoms with van der Waals surface area (Å²) in [6, 6.07) is 13.3. The molecule has 0 radical (unpaired) electrons. The van der Waals surface area contributed by atoms with Gasteiger partial charge in [-0.2, -0.15) is 4.98 Å². The number of anilines is 1. The minimum atomic E-state index is -0.118. The van der Waals surface area contributed by atoms with Crippen LogP contribution in [0.5, 0.6) is 0 Å². The highest BCUT2D eigenvalue weighted by molar-refractivity contribution is 6.30. The standard InChI is InChI=1S/C24H26ClN3O3/c1-2-20(29)15-28(19-8-3-4-9-19)23(30)17-10-11-22-21(13-17)27-24(31-22)26-14-16-6-5-7-18(25)12-16/h5-7,10-13,19H,2-4,8-9,14-15H2,1H3,(H,26,27). The van der Waals surface area contributed by atoms with E-state index in [4.69, 9.17) is 16.0 Å². The molecule has 1 aromatic heterocycles. The van der Waals surface area contributed by atoms with Crippen molar-refractivity contribution in [1.82, 2.24) is 9.88 Å². The summed E-state index contributed by atoms with van der Waals surface area (Å²) in [6.07, 6.45) is 4.52. The van der Waals surface area contributed by atoms with Crippen LogP contribution >= 0.6 is 11.6 Å². The van der Waals surface area contributed by atoms with Gasteiger partial charge in [-0.05, 0) is 48.7 Å². The number of halogens is 1. The van der Waals surface area contributed by atoms with Crippen LogP contribution < -0.4 is 5.32 Å². The smallest absolute Gasteiger partial charge is 0.295 e. The van der Waals surface area contributed by atoms with Crippen LogP contribution in [0.2, 0.25) is 5.02 Å². The third-order valence-corrected chi connectivity index (χ3v) is 5.97. The lowest BCUT2D eigenvalue weighted by Crippen LogP contribution is -2.42. The first-order chi connectivity index (χ1) is 15.0. The van der Waals surface area contributed by atoms with Gasteiger partial charge in [0.25, 0.3) is 11.9 Å². The zero-order chi connectivity index (χ0) is 21.8. The molecule has 3 aromatic rings. The van der Waals surface area contributed by atoms with E-state index < -0.39 is 0 Å². The Morgan fingerprint density at radius 2 is 2.00 bits per heavy atom. The summed E-state index contributed by atoms with van der Waals surface area (Å²) >= 11 is 6.03. The number of fused-ring (bicyclic) bond motifs is 1. The summed E-state index contributed by atoms with van der Waals surface area (Å²) in [5.74, 6) is -0.0395. The minimum Gasteiger partial charge on any atom is -0.424 e. The Balaban J connectivity index is 1.52. The third-order valence-electron chi connectivity index (χ3n) is 5.73. The predicted octanol–water partition coefficient (Wildman–Crippen LogP) is 5.46. The van der Waals surface area contributed by atoms with Crippen LogP contribution in [0.15, 0.2) is 46.9 Å². The lowest BCUT2D eigenvalue weighted by atomic mass is 10.1. The Morgan fingerprint density at radius 3 is 2.74 bits per heavy atom. The third kappa shape index (κ3) is 5.07. The lowest BCUT2D eigenvalue weighted by Gasteiger charge is -2.28. The van der Waals surface area contributed by atoms with Crippen molar-refractivity contribution in [3.63, 3.8) is 0 Å². The fourth-order valence-electron chi connectivity index (χ4n) is 4.01. The second kappa shape index (κ2) is 9.52. The molecule has 1 saturated carbocycles. The first-order valence-electron chi connectivity index (χ1n) is 10.7. The van der Waals surface area contributed by atoms with Crippen molar-refractivity contribution < 1.29 is 14.0 Å². The van der Waals surface area contributed by atoms with Gasteiger partial charge in [0.1, 0.15) is 5.52 Å². The highest BCUT2D eigenvalue weighted by Gasteiger charge is 2.29. The molecule has 6 nitrogen and oxygen atoms in total. The molecule has 0 spiro atoms. The van der Waals surface area contributed by atoms with Crippen molar-refractivity contribution in [3.8, 4) is 0 Å². The molecule has 1 heterocycles. The van der Waals surface area contributed by atoms with E-state index in [0.29, 0.717) is 40.7 Å². The molecule has 4 rings (SSSR count). The molecule has 0 saturated heterocycles. The number of ketones is 1. The highest BCUT2D eigenvalue weighted by Crippen LogP contribution is 2.27. The van der Waals surface area contributed by atoms with Crippen LogP contribution in [0.4, 0.5) is 6.01 Å². The van der Waals surface area contributed by atoms with Gasteiger partial charge in [-0.1, -0.05) is 43.5 Å². The van der Waals surface area contributed by atoms with Crippen LogP contribution in [0.25, 0.3) is 11.1 Å². The Bertz CT molecular complexity index is 1090. The number of carbonyl (C=O) groups is 2. The first kappa shape index (κ1) is 21.4. The van der Waals surface area contributed by atoms with Gasteiger partial charge in [-0.15, -0.1) is 0 Å². The molecule has 0 aliphatic heterocycles. The molecule has 31 heavy (non-hydrogen) atoms. The van der Waals surface area contributed by atoms with Gasteiger partial charge in [-0.3, -0.25) is 9.59 Å². The average molecular weight is 440 g/mol. The number of rotatable bonds is 8. The van der Waals surface area contributed by atoms with E-state index in [0.717, 1.165) is 31.2 Å². The molecular weight excluding hydrogens is 414 g/mol. The van der Waals surface area contributed by atoms with Crippen LogP contribution in [0, 0.1) is 0 Å². The molecular formula is C24H26ClN3O3. The normalized spacial score (nSPS) is 14.1. The monoisotopic (exact) mass is 439 g/mol. The van der Waals surface area contributed by atoms with Crippen molar-refractivity contribution in [1.29, 1.82) is 0 Å². The topological polar surface area (TPSA) is 75.4 Å². The maximum atomic E-state index is 13.3. The lowest BCUT2D eigenvalue weighted by molar-refractivity contribution is -0.119. The Kier molecular flexibility index (Phi) is 6.56. The maximum absolute atomic E-state index is 13.3. The van der Waals surface area contributed by atoms with Crippen molar-refractivity contribution in [2.24, 2.45) is 0 Å². The number of Topliss-reactive ketones (excluding diaryl/α,β-unsaturated/α-hetero) is 1. The summed E-state index contributed by atoms with van der Waals surface area (Å²) in [6.45, 7) is 2.52. The zero-order valence-corrected chi connectivity index (χ0v) is 18.3. The second-order valence-electron chi connectivity index (χ2n) is 7.95. The molecule has 7 heteroatoms. The van der Waals surface area contributed by atoms with Gasteiger partial charge >= 0.3 is 0 Å². The van der Waals surface area contributed by atoms with Gasteiger partial charge in [-0.25, -0.2) is 0 Å². The van der Waals surface area contributed by atoms with Gasteiger partial charge in [0.05, 0.1) is 6.54 Å². The van der Waals surface area contributed by atoms with Crippen LogP contribution in [-0.2, 0) is 11.3 Å². The quantitative estimate of drug-likeness (QED) is 0.504. The maximum Gasteiger partial charge on any atom is 0.295 e. The Hall–Kier alpha value is -2.86. The number of amides is 1. The molecule has 1 amide bonds. The van der Waals surface area contributed by atoms with Crippen LogP contribution in [0.1, 0.15) is 54.9 Å². The largest absolute Gasteiger partial charge is 0.424 e. The van der Waals surface area contributed by atoms with E-state index in [9.17, 15) is 9.59 Å². The average Bonchev–Trinajstić information content (AvgIpc) is 3.44. The molecule has 1 fully saturated rings. The van der Waals surface area contributed by atoms with Crippen molar-refractivity contribution in [3.05, 3.63) is 58.6 Å². The second-order valence-corrected chi connectivity index (χ2v) is 8.38. The Morgan fingerprint density at radius 1 is 1.19 bits per heavy atom. The molecule has 0 bridgehead atoms. The minimum absolute atomic E-state index is 0.0789. The van der Waals surface area contributed by atoms with Gasteiger partial charge < -0.3 is 14.6 Å². The number of hydrogen-bond donors (Lipinski definition) is 1. The van der Waals surface area contributed by atoms with E-state index >= 15 is 0 Å². The molecule has 1 N–H and O–H groups in total. The number of carbonyl (C=O) groups excluding carboxylic acids is 2. The molecule has 162 valence electrons. The number of oxazole rings is 1. The van der Waals surface area contributed by atoms with Crippen LogP contribution in [-0.4, -0.2) is 34.2 Å². The first-order valence-corrected chi connectivity index (χ1v) is 11.1. The van der Waals surface area contributed by atoms with E-state index in [2.05, 4.69) is 10.3 Å². The van der Waals surface area contributed by atoms with E-state index in [1.54, 1.807) is 23.1 Å². The predicted molar refractivity (Wildman–Crippen MR) is 121 cm³/mol. The summed E-state index contributed by atoms with van der Waals surface area (Å²) < 4.78 is 5.76. The molecule has 0 unspecified atom stereocenters. The number of nitrogens with zero attached hydrogens (tertiary/aromatic N) is 2. The molecule has 0 atom stereocenters. The van der Waals surface area contributed by atoms with Crippen molar-refractivity contribution in [2.45, 2.75) is 51.6 Å². The summed E-state index contributed by atoms with van der Waals surface area (Å²) in [5.41, 5.74) is 2.74. The van der Waals surface area contributed by atoms with Gasteiger partial charge in [0.15, 0.2) is 11.4 Å². The van der Waals surface area contributed by atoms with Crippen LogP contribution in [0.3, 0.4) is 0 Å². The van der Waals surface area contributed by atoms with E-state index in [1.807, 2.05) is 31.2 Å². The Labute approximate surface area is 186 Å². The van der Waals surface area contributed by atoms with E-state index in [1.165, 1.54) is 0 Å². The fourth-order valence-corrected chi connectivity index (χ4v) is 4.22. The van der Waals surface area contributed by atoms with E-state index in [-0.39, 0.29) is 24.3 Å². The number of hydrogen-bond acceptors (Lipinski definition) is 5. The highest BCUT2D eigenvalue weighted by atomic mass is 35.5. The summed E-state index contributed by atoms with van der Waals surface area (Å²) in [5, 5.41) is 3.83. The molecule has 1 aliphatic carbocycles. The summed E-state index contributed by atoms with van der Waals surface area (Å²) in [4.78, 5) is 31.6. The number of nitrogens with one attached hydrogen (secondary N) is 1. The van der Waals surface area contributed by atoms with Crippen molar-refractivity contribution >= 4 is 40.4 Å². The summed E-state index contributed by atoms with van der Waals surface area (Å²) in [7, 11) is 0. The zero-order valence-electron chi connectivity index (χ0n) is 17.6. The fraction of sp³-hybridized carbons (Fsp3) is 0.375. The number of aromatic nitrogens is 1.